The number of aromatic hydroxyl groups is 1. The highest BCUT2D eigenvalue weighted by molar-refractivity contribution is 7.85. The van der Waals surface area contributed by atoms with Gasteiger partial charge in [-0.1, -0.05) is 0 Å². The quantitative estimate of drug-likeness (QED) is 0.702. The summed E-state index contributed by atoms with van der Waals surface area (Å²) in [5.74, 6) is -0.872. The Morgan fingerprint density at radius 2 is 2.07 bits per heavy atom. The van der Waals surface area contributed by atoms with Gasteiger partial charge in [0.15, 0.2) is 5.75 Å². The van der Waals surface area contributed by atoms with Gasteiger partial charge < -0.3 is 9.67 Å². The van der Waals surface area contributed by atoms with Gasteiger partial charge in [-0.25, -0.2) is 0 Å². The summed E-state index contributed by atoms with van der Waals surface area (Å²) in [5.41, 5.74) is -0.248. The molecule has 0 spiro atoms. The summed E-state index contributed by atoms with van der Waals surface area (Å²) in [7, 11) is -4.04. The maximum absolute atomic E-state index is 11.0. The molecule has 1 aromatic rings. The Hall–Kier alpha value is -1.34. The lowest BCUT2D eigenvalue weighted by atomic mass is 10.3. The maximum atomic E-state index is 11.0. The lowest BCUT2D eigenvalue weighted by molar-refractivity contribution is 0.451. The lowest BCUT2D eigenvalue weighted by Crippen LogP contribution is -2.16. The van der Waals surface area contributed by atoms with Crippen molar-refractivity contribution < 1.29 is 18.1 Å². The Labute approximate surface area is 86.5 Å². The molecule has 84 valence electrons. The highest BCUT2D eigenvalue weighted by Crippen LogP contribution is 2.08. The molecule has 0 aliphatic heterocycles. The molecule has 0 saturated carbocycles. The van der Waals surface area contributed by atoms with E-state index in [1.807, 2.05) is 0 Å². The number of rotatable bonds is 3. The van der Waals surface area contributed by atoms with Crippen molar-refractivity contribution in [3.63, 3.8) is 0 Å². The summed E-state index contributed by atoms with van der Waals surface area (Å²) in [6.45, 7) is 1.47. The van der Waals surface area contributed by atoms with Gasteiger partial charge in [0.1, 0.15) is 0 Å². The highest BCUT2D eigenvalue weighted by Gasteiger charge is 2.08. The zero-order valence-corrected chi connectivity index (χ0v) is 8.86. The molecule has 0 aliphatic rings. The molecule has 15 heavy (non-hydrogen) atoms. The fraction of sp³-hybridized carbons (Fsp3) is 0.375. The second-order valence-electron chi connectivity index (χ2n) is 3.09. The van der Waals surface area contributed by atoms with Crippen molar-refractivity contribution in [3.05, 3.63) is 28.2 Å². The van der Waals surface area contributed by atoms with Gasteiger partial charge in [0.05, 0.1) is 11.4 Å². The molecule has 1 heterocycles. The van der Waals surface area contributed by atoms with Crippen LogP contribution in [0.1, 0.15) is 5.69 Å². The van der Waals surface area contributed by atoms with Crippen LogP contribution in [0, 0.1) is 6.92 Å². The van der Waals surface area contributed by atoms with Crippen LogP contribution < -0.4 is 5.43 Å². The topological polar surface area (TPSA) is 96.6 Å². The Morgan fingerprint density at radius 3 is 2.60 bits per heavy atom. The molecule has 0 saturated heterocycles. The van der Waals surface area contributed by atoms with E-state index < -0.39 is 27.0 Å². The third-order valence-electron chi connectivity index (χ3n) is 2.00. The predicted molar refractivity (Wildman–Crippen MR) is 53.5 cm³/mol. The van der Waals surface area contributed by atoms with Crippen LogP contribution in [-0.2, 0) is 16.7 Å². The molecule has 0 aromatic carbocycles. The third-order valence-corrected chi connectivity index (χ3v) is 2.70. The van der Waals surface area contributed by atoms with Crippen LogP contribution in [-0.4, -0.2) is 28.4 Å². The number of aryl methyl sites for hydroxylation is 1. The fourth-order valence-corrected chi connectivity index (χ4v) is 1.55. The molecule has 0 amide bonds. The molecule has 2 N–H and O–H groups in total. The predicted octanol–water partition coefficient (Wildman–Crippen LogP) is -0.250. The van der Waals surface area contributed by atoms with E-state index >= 15 is 0 Å². The van der Waals surface area contributed by atoms with Crippen LogP contribution >= 0.6 is 0 Å². The minimum absolute atomic E-state index is 0.0154. The van der Waals surface area contributed by atoms with Crippen LogP contribution in [0.5, 0.6) is 5.75 Å². The van der Waals surface area contributed by atoms with Crippen LogP contribution in [0.25, 0.3) is 0 Å². The van der Waals surface area contributed by atoms with Crippen LogP contribution in [0.2, 0.25) is 0 Å². The SMILES string of the molecule is Cc1c(O)c(=O)ccn1CCS(=O)(=O)O. The van der Waals surface area contributed by atoms with Crippen molar-refractivity contribution >= 4 is 10.1 Å². The summed E-state index contributed by atoms with van der Waals surface area (Å²) >= 11 is 0. The Balaban J connectivity index is 2.98. The monoisotopic (exact) mass is 233 g/mol. The largest absolute Gasteiger partial charge is 0.503 e. The molecule has 0 atom stereocenters. The fourth-order valence-electron chi connectivity index (χ4n) is 1.12. The minimum atomic E-state index is -4.04. The first-order valence-electron chi connectivity index (χ1n) is 4.15. The number of hydrogen-bond acceptors (Lipinski definition) is 4. The summed E-state index contributed by atoms with van der Waals surface area (Å²) in [4.78, 5) is 11.0. The zero-order chi connectivity index (χ0) is 11.6. The summed E-state index contributed by atoms with van der Waals surface area (Å²) in [5, 5.41) is 9.27. The van der Waals surface area contributed by atoms with Crippen molar-refractivity contribution in [2.75, 3.05) is 5.75 Å². The molecular weight excluding hydrogens is 222 g/mol. The first kappa shape index (κ1) is 11.7. The Kier molecular flexibility index (Phi) is 3.15. The molecule has 0 radical (unpaired) electrons. The summed E-state index contributed by atoms with van der Waals surface area (Å²) in [6, 6.07) is 1.13. The van der Waals surface area contributed by atoms with Crippen molar-refractivity contribution in [1.29, 1.82) is 0 Å². The van der Waals surface area contributed by atoms with Crippen LogP contribution in [0.3, 0.4) is 0 Å². The number of aromatic nitrogens is 1. The van der Waals surface area contributed by atoms with E-state index in [0.717, 1.165) is 6.07 Å². The first-order valence-corrected chi connectivity index (χ1v) is 5.76. The van der Waals surface area contributed by atoms with E-state index in [2.05, 4.69) is 0 Å². The van der Waals surface area contributed by atoms with E-state index in [1.54, 1.807) is 0 Å². The lowest BCUT2D eigenvalue weighted by Gasteiger charge is -2.09. The van der Waals surface area contributed by atoms with Gasteiger partial charge >= 0.3 is 0 Å². The summed E-state index contributed by atoms with van der Waals surface area (Å²) in [6.07, 6.45) is 1.36. The smallest absolute Gasteiger partial charge is 0.266 e. The van der Waals surface area contributed by atoms with Crippen LogP contribution in [0.15, 0.2) is 17.1 Å². The van der Waals surface area contributed by atoms with Crippen molar-refractivity contribution in [2.45, 2.75) is 13.5 Å². The average Bonchev–Trinajstić information content (AvgIpc) is 2.12. The molecule has 0 aliphatic carbocycles. The molecule has 1 rings (SSSR count). The molecule has 1 aromatic heterocycles. The van der Waals surface area contributed by atoms with Gasteiger partial charge in [-0.05, 0) is 6.92 Å². The number of nitrogens with zero attached hydrogens (tertiary/aromatic N) is 1. The molecule has 0 fully saturated rings. The third kappa shape index (κ3) is 3.07. The van der Waals surface area contributed by atoms with E-state index in [9.17, 15) is 18.3 Å². The van der Waals surface area contributed by atoms with E-state index in [-0.39, 0.29) is 12.2 Å². The van der Waals surface area contributed by atoms with Gasteiger partial charge in [0, 0.05) is 18.8 Å². The highest BCUT2D eigenvalue weighted by atomic mass is 32.2. The van der Waals surface area contributed by atoms with Gasteiger partial charge in [-0.15, -0.1) is 0 Å². The standard InChI is InChI=1S/C8H11NO5S/c1-6-8(11)7(10)2-3-9(6)4-5-15(12,13)14/h2-3,11H,4-5H2,1H3,(H,12,13,14). The van der Waals surface area contributed by atoms with E-state index in [1.165, 1.54) is 17.7 Å². The van der Waals surface area contributed by atoms with Gasteiger partial charge in [-0.3, -0.25) is 9.35 Å². The van der Waals surface area contributed by atoms with Crippen molar-refractivity contribution in [2.24, 2.45) is 0 Å². The van der Waals surface area contributed by atoms with Crippen molar-refractivity contribution in [1.82, 2.24) is 4.57 Å². The molecule has 0 bridgehead atoms. The van der Waals surface area contributed by atoms with E-state index in [0.29, 0.717) is 0 Å². The second kappa shape index (κ2) is 4.03. The molecule has 7 heteroatoms. The zero-order valence-electron chi connectivity index (χ0n) is 8.04. The first-order chi connectivity index (χ1) is 6.81. The van der Waals surface area contributed by atoms with Crippen molar-refractivity contribution in [3.8, 4) is 5.75 Å². The molecule has 0 unspecified atom stereocenters. The van der Waals surface area contributed by atoms with E-state index in [4.69, 9.17) is 4.55 Å². The second-order valence-corrected chi connectivity index (χ2v) is 4.67. The number of pyridine rings is 1. The van der Waals surface area contributed by atoms with Crippen LogP contribution in [0.4, 0.5) is 0 Å². The normalized spacial score (nSPS) is 11.6. The molecular formula is C8H11NO5S. The van der Waals surface area contributed by atoms with Gasteiger partial charge in [-0.2, -0.15) is 8.42 Å². The number of hydrogen-bond donors (Lipinski definition) is 2. The average molecular weight is 233 g/mol. The van der Waals surface area contributed by atoms with Gasteiger partial charge in [0.25, 0.3) is 10.1 Å². The minimum Gasteiger partial charge on any atom is -0.503 e. The summed E-state index contributed by atoms with van der Waals surface area (Å²) < 4.78 is 30.9. The van der Waals surface area contributed by atoms with Gasteiger partial charge in [0.2, 0.25) is 5.43 Å². The Morgan fingerprint density at radius 1 is 1.47 bits per heavy atom. The molecule has 6 nitrogen and oxygen atoms in total. The Bertz CT molecular complexity index is 516. The maximum Gasteiger partial charge on any atom is 0.266 e.